The van der Waals surface area contributed by atoms with E-state index in [4.69, 9.17) is 14.3 Å². The lowest BCUT2D eigenvalue weighted by Crippen LogP contribution is -2.34. The topological polar surface area (TPSA) is 45.5 Å². The highest BCUT2D eigenvalue weighted by atomic mass is 31.2. The fourth-order valence-corrected chi connectivity index (χ4v) is 3.62. The summed E-state index contributed by atoms with van der Waals surface area (Å²) in [7, 11) is -1.22. The van der Waals surface area contributed by atoms with E-state index >= 15 is 0 Å². The van der Waals surface area contributed by atoms with Gasteiger partial charge in [-0.05, 0) is 52.3 Å². The van der Waals surface area contributed by atoms with E-state index in [1.807, 2.05) is 31.2 Å². The smallest absolute Gasteiger partial charge is 0.321 e. The minimum atomic E-state index is -1.22. The monoisotopic (exact) mass is 308 g/mol. The zero-order valence-electron chi connectivity index (χ0n) is 13.5. The third kappa shape index (κ3) is 6.01. The Balaban J connectivity index is 2.87. The van der Waals surface area contributed by atoms with Gasteiger partial charge in [0.1, 0.15) is 5.75 Å². The molecule has 0 saturated heterocycles. The minimum absolute atomic E-state index is 0.308. The summed E-state index contributed by atoms with van der Waals surface area (Å²) in [4.78, 5) is 0. The summed E-state index contributed by atoms with van der Waals surface area (Å²) >= 11 is 0. The van der Waals surface area contributed by atoms with E-state index in [9.17, 15) is 0 Å². The van der Waals surface area contributed by atoms with Gasteiger partial charge in [0, 0.05) is 12.1 Å². The fourth-order valence-electron chi connectivity index (χ4n) is 2.05. The molecule has 0 spiro atoms. The van der Waals surface area contributed by atoms with Gasteiger partial charge < -0.3 is 9.05 Å². The zero-order chi connectivity index (χ0) is 15.8. The molecule has 4 nitrogen and oxygen atoms in total. The van der Waals surface area contributed by atoms with Gasteiger partial charge >= 0.3 is 8.53 Å². The van der Waals surface area contributed by atoms with Crippen molar-refractivity contribution in [1.29, 1.82) is 5.26 Å². The first-order valence-electron chi connectivity index (χ1n) is 7.28. The molecule has 1 aromatic carbocycles. The summed E-state index contributed by atoms with van der Waals surface area (Å²) in [6.07, 6.45) is 0.375. The Bertz CT molecular complexity index is 464. The molecule has 21 heavy (non-hydrogen) atoms. The summed E-state index contributed by atoms with van der Waals surface area (Å²) in [6.45, 7) is 10.9. The van der Waals surface area contributed by atoms with Crippen LogP contribution in [0.15, 0.2) is 24.3 Å². The number of nitriles is 1. The number of aryl methyl sites for hydroxylation is 1. The van der Waals surface area contributed by atoms with Crippen molar-refractivity contribution >= 4 is 8.53 Å². The van der Waals surface area contributed by atoms with Gasteiger partial charge in [-0.3, -0.25) is 0 Å². The highest BCUT2D eigenvalue weighted by Crippen LogP contribution is 2.46. The van der Waals surface area contributed by atoms with E-state index < -0.39 is 8.53 Å². The SMILES string of the molecule is Cc1cccc(OP(OCCC#N)N(C(C)C)C(C)C)c1. The normalized spacial score (nSPS) is 12.7. The first kappa shape index (κ1) is 17.9. The maximum atomic E-state index is 8.69. The quantitative estimate of drug-likeness (QED) is 0.518. The Morgan fingerprint density at radius 2 is 1.90 bits per heavy atom. The molecule has 0 N–H and O–H groups in total. The Kier molecular flexibility index (Phi) is 7.67. The largest absolute Gasteiger partial charge is 0.436 e. The van der Waals surface area contributed by atoms with Crippen molar-refractivity contribution in [3.63, 3.8) is 0 Å². The van der Waals surface area contributed by atoms with Crippen LogP contribution in [-0.2, 0) is 4.52 Å². The molecule has 0 aliphatic heterocycles. The van der Waals surface area contributed by atoms with Gasteiger partial charge in [-0.1, -0.05) is 12.1 Å². The molecule has 0 bridgehead atoms. The molecule has 1 rings (SSSR count). The molecule has 0 aliphatic carbocycles. The maximum absolute atomic E-state index is 8.69. The molecule has 0 radical (unpaired) electrons. The highest BCUT2D eigenvalue weighted by Gasteiger charge is 2.28. The Hall–Kier alpha value is -1.14. The molecule has 1 aromatic rings. The van der Waals surface area contributed by atoms with Crippen LogP contribution < -0.4 is 4.52 Å². The minimum Gasteiger partial charge on any atom is -0.436 e. The third-order valence-electron chi connectivity index (χ3n) is 2.84. The molecule has 0 saturated carbocycles. The lowest BCUT2D eigenvalue weighted by molar-refractivity contribution is 0.219. The first-order valence-corrected chi connectivity index (χ1v) is 8.41. The van der Waals surface area contributed by atoms with E-state index in [0.29, 0.717) is 25.1 Å². The lowest BCUT2D eigenvalue weighted by atomic mass is 10.2. The molecule has 116 valence electrons. The number of benzene rings is 1. The summed E-state index contributed by atoms with van der Waals surface area (Å²) in [5.41, 5.74) is 1.15. The number of hydrogen-bond donors (Lipinski definition) is 0. The average molecular weight is 308 g/mol. The second kappa shape index (κ2) is 9.00. The summed E-state index contributed by atoms with van der Waals surface area (Å²) in [5, 5.41) is 8.69. The molecular weight excluding hydrogens is 283 g/mol. The number of rotatable bonds is 8. The standard InChI is InChI=1S/C16H25N2O2P/c1-13(2)18(14(3)4)21(19-11-7-10-17)20-16-9-6-8-15(5)12-16/h6,8-9,12-14H,7,11H2,1-5H3. The van der Waals surface area contributed by atoms with E-state index in [-0.39, 0.29) is 0 Å². The van der Waals surface area contributed by atoms with Gasteiger partial charge in [-0.2, -0.15) is 5.26 Å². The van der Waals surface area contributed by atoms with E-state index in [1.165, 1.54) is 0 Å². The molecular formula is C16H25N2O2P. The van der Waals surface area contributed by atoms with Crippen LogP contribution in [0, 0.1) is 18.3 Å². The van der Waals surface area contributed by atoms with Crippen molar-refractivity contribution in [2.24, 2.45) is 0 Å². The van der Waals surface area contributed by atoms with Crippen LogP contribution in [-0.4, -0.2) is 23.4 Å². The third-order valence-corrected chi connectivity index (χ3v) is 4.91. The highest BCUT2D eigenvalue weighted by molar-refractivity contribution is 7.45. The van der Waals surface area contributed by atoms with Gasteiger partial charge in [-0.15, -0.1) is 0 Å². The van der Waals surface area contributed by atoms with Crippen molar-refractivity contribution < 1.29 is 9.05 Å². The maximum Gasteiger partial charge on any atom is 0.321 e. The van der Waals surface area contributed by atoms with Gasteiger partial charge in [-0.25, -0.2) is 4.67 Å². The van der Waals surface area contributed by atoms with Crippen LogP contribution in [0.2, 0.25) is 0 Å². The summed E-state index contributed by atoms with van der Waals surface area (Å²) in [5.74, 6) is 0.810. The van der Waals surface area contributed by atoms with E-state index in [1.54, 1.807) is 0 Å². The Morgan fingerprint density at radius 1 is 1.24 bits per heavy atom. The number of hydrogen-bond acceptors (Lipinski definition) is 4. The fraction of sp³-hybridized carbons (Fsp3) is 0.562. The van der Waals surface area contributed by atoms with E-state index in [2.05, 4.69) is 38.4 Å². The Labute approximate surface area is 129 Å². The van der Waals surface area contributed by atoms with Crippen molar-refractivity contribution in [3.8, 4) is 11.8 Å². The van der Waals surface area contributed by atoms with Crippen LogP contribution in [0.5, 0.6) is 5.75 Å². The molecule has 5 heteroatoms. The Morgan fingerprint density at radius 3 is 2.43 bits per heavy atom. The molecule has 0 amide bonds. The van der Waals surface area contributed by atoms with Gasteiger partial charge in [0.05, 0.1) is 19.1 Å². The second-order valence-electron chi connectivity index (χ2n) is 5.45. The van der Waals surface area contributed by atoms with Crippen molar-refractivity contribution in [2.75, 3.05) is 6.61 Å². The molecule has 0 fully saturated rings. The molecule has 0 aromatic heterocycles. The van der Waals surface area contributed by atoms with Gasteiger partial charge in [0.15, 0.2) is 0 Å². The second-order valence-corrected chi connectivity index (χ2v) is 6.83. The van der Waals surface area contributed by atoms with Crippen LogP contribution in [0.4, 0.5) is 0 Å². The molecule has 0 aliphatic rings. The van der Waals surface area contributed by atoms with Crippen LogP contribution >= 0.6 is 8.53 Å². The van der Waals surface area contributed by atoms with Crippen LogP contribution in [0.3, 0.4) is 0 Å². The predicted molar refractivity (Wildman–Crippen MR) is 87.0 cm³/mol. The first-order chi connectivity index (χ1) is 9.95. The van der Waals surface area contributed by atoms with Gasteiger partial charge in [0.2, 0.25) is 0 Å². The average Bonchev–Trinajstić information content (AvgIpc) is 2.38. The molecule has 1 atom stereocenters. The predicted octanol–water partition coefficient (Wildman–Crippen LogP) is 4.65. The van der Waals surface area contributed by atoms with Crippen molar-refractivity contribution in [1.82, 2.24) is 4.67 Å². The van der Waals surface area contributed by atoms with Crippen LogP contribution in [0.25, 0.3) is 0 Å². The van der Waals surface area contributed by atoms with E-state index in [0.717, 1.165) is 11.3 Å². The van der Waals surface area contributed by atoms with Crippen molar-refractivity contribution in [2.45, 2.75) is 53.1 Å². The number of nitrogens with zero attached hydrogens (tertiary/aromatic N) is 2. The van der Waals surface area contributed by atoms with Crippen molar-refractivity contribution in [3.05, 3.63) is 29.8 Å². The molecule has 0 heterocycles. The lowest BCUT2D eigenvalue weighted by Gasteiger charge is -2.35. The molecule has 1 unspecified atom stereocenters. The van der Waals surface area contributed by atoms with Crippen LogP contribution in [0.1, 0.15) is 39.7 Å². The summed E-state index contributed by atoms with van der Waals surface area (Å²) in [6, 6.07) is 10.7. The van der Waals surface area contributed by atoms with Gasteiger partial charge in [0.25, 0.3) is 0 Å². The zero-order valence-corrected chi connectivity index (χ0v) is 14.4. The summed E-state index contributed by atoms with van der Waals surface area (Å²) < 4.78 is 14.2.